The molecule has 2 saturated heterocycles. The summed E-state index contributed by atoms with van der Waals surface area (Å²) >= 11 is 0. The zero-order valence-electron chi connectivity index (χ0n) is 25.6. The zero-order chi connectivity index (χ0) is 30.8. The van der Waals surface area contributed by atoms with E-state index in [1.807, 2.05) is 17.9 Å². The van der Waals surface area contributed by atoms with Gasteiger partial charge in [-0.25, -0.2) is 15.0 Å². The van der Waals surface area contributed by atoms with Crippen LogP contribution in [-0.2, 0) is 24.4 Å². The Bertz CT molecular complexity index is 1510. The van der Waals surface area contributed by atoms with E-state index in [2.05, 4.69) is 49.5 Å². The monoisotopic (exact) mass is 603 g/mol. The summed E-state index contributed by atoms with van der Waals surface area (Å²) < 4.78 is 11.2. The first-order valence-corrected chi connectivity index (χ1v) is 15.4. The molecule has 0 saturated carbocycles. The van der Waals surface area contributed by atoms with Crippen LogP contribution in [0.4, 0.5) is 5.82 Å². The molecule has 3 aliphatic rings. The van der Waals surface area contributed by atoms with Crippen molar-refractivity contribution in [2.24, 2.45) is 0 Å². The maximum absolute atomic E-state index is 12.9. The third kappa shape index (κ3) is 6.56. The van der Waals surface area contributed by atoms with Crippen molar-refractivity contribution in [1.29, 1.82) is 0 Å². The second kappa shape index (κ2) is 12.5. The highest BCUT2D eigenvalue weighted by atomic mass is 16.5. The average molecular weight is 604 g/mol. The van der Waals surface area contributed by atoms with Gasteiger partial charge in [0.15, 0.2) is 12.2 Å². The molecule has 2 aromatic heterocycles. The van der Waals surface area contributed by atoms with Gasteiger partial charge in [0.05, 0.1) is 11.8 Å². The molecule has 2 amide bonds. The van der Waals surface area contributed by atoms with Gasteiger partial charge >= 0.3 is 0 Å². The Morgan fingerprint density at radius 2 is 2.09 bits per heavy atom. The van der Waals surface area contributed by atoms with Crippen molar-refractivity contribution in [3.05, 3.63) is 65.3 Å². The number of anilines is 1. The Labute approximate surface area is 257 Å². The molecule has 2 bridgehead atoms. The van der Waals surface area contributed by atoms with E-state index in [-0.39, 0.29) is 41.7 Å². The Morgan fingerprint density at radius 1 is 1.23 bits per heavy atom. The van der Waals surface area contributed by atoms with Crippen molar-refractivity contribution >= 4 is 17.6 Å². The van der Waals surface area contributed by atoms with Gasteiger partial charge in [-0.3, -0.25) is 14.5 Å². The molecule has 3 aliphatic heterocycles. The first-order chi connectivity index (χ1) is 21.2. The van der Waals surface area contributed by atoms with Gasteiger partial charge in [0, 0.05) is 56.8 Å². The number of β-amino-alcohol motifs (C(OH)–C–C–N with tert-alkyl or cyclic N) is 1. The number of carbonyl (C=O) groups is 2. The Balaban J connectivity index is 0.962. The molecular formula is C32H41N7O5. The summed E-state index contributed by atoms with van der Waals surface area (Å²) in [6.07, 6.45) is 6.62. The molecule has 3 aromatic rings. The third-order valence-electron chi connectivity index (χ3n) is 9.25. The van der Waals surface area contributed by atoms with E-state index in [1.54, 1.807) is 13.0 Å². The van der Waals surface area contributed by atoms with Crippen molar-refractivity contribution in [3.63, 3.8) is 0 Å². The molecule has 3 N–H and O–H groups in total. The predicted octanol–water partition coefficient (Wildman–Crippen LogP) is 2.84. The number of amides is 2. The molecular weight excluding hydrogens is 562 g/mol. The lowest BCUT2D eigenvalue weighted by Gasteiger charge is -2.45. The molecule has 0 spiro atoms. The number of piperidine rings is 1. The SMILES string of the molecule is CC(=O)N1[C@@H]2CC[C@@]1(C)CC(Nc1cc(C(=O)NC[C@H](O)CN3CCc4cc(OCc5ocnc5C)ccc4C3)ncn1)C2. The minimum absolute atomic E-state index is 0.117. The van der Waals surface area contributed by atoms with Crippen LogP contribution in [0.25, 0.3) is 0 Å². The van der Waals surface area contributed by atoms with E-state index in [1.165, 1.54) is 23.8 Å². The van der Waals surface area contributed by atoms with E-state index in [4.69, 9.17) is 9.15 Å². The molecule has 4 atom stereocenters. The van der Waals surface area contributed by atoms with Crippen molar-refractivity contribution in [1.82, 2.24) is 30.1 Å². The number of aromatic nitrogens is 3. The zero-order valence-corrected chi connectivity index (χ0v) is 25.6. The maximum Gasteiger partial charge on any atom is 0.270 e. The van der Waals surface area contributed by atoms with Crippen molar-refractivity contribution in [2.45, 2.75) is 89.8 Å². The summed E-state index contributed by atoms with van der Waals surface area (Å²) in [4.78, 5) is 41.9. The van der Waals surface area contributed by atoms with Crippen LogP contribution in [0.5, 0.6) is 5.75 Å². The molecule has 1 unspecified atom stereocenters. The predicted molar refractivity (Wildman–Crippen MR) is 162 cm³/mol. The van der Waals surface area contributed by atoms with E-state index in [0.717, 1.165) is 55.9 Å². The minimum atomic E-state index is -0.727. The summed E-state index contributed by atoms with van der Waals surface area (Å²) in [5.41, 5.74) is 3.35. The molecule has 44 heavy (non-hydrogen) atoms. The molecule has 0 radical (unpaired) electrons. The number of rotatable bonds is 10. The lowest BCUT2D eigenvalue weighted by atomic mass is 9.87. The molecule has 1 aromatic carbocycles. The quantitative estimate of drug-likeness (QED) is 0.316. The molecule has 234 valence electrons. The normalized spacial score (nSPS) is 23.6. The number of benzene rings is 1. The average Bonchev–Trinajstić information content (AvgIpc) is 3.51. The lowest BCUT2D eigenvalue weighted by Crippen LogP contribution is -2.55. The van der Waals surface area contributed by atoms with Gasteiger partial charge in [0.1, 0.15) is 30.2 Å². The van der Waals surface area contributed by atoms with Crippen LogP contribution in [0, 0.1) is 6.92 Å². The van der Waals surface area contributed by atoms with Crippen molar-refractivity contribution < 1.29 is 23.8 Å². The van der Waals surface area contributed by atoms with Crippen molar-refractivity contribution in [3.8, 4) is 5.75 Å². The first-order valence-electron chi connectivity index (χ1n) is 15.4. The Hall–Kier alpha value is -4.03. The number of nitrogens with one attached hydrogen (secondary N) is 2. The number of carbonyl (C=O) groups excluding carboxylic acids is 2. The number of ether oxygens (including phenoxy) is 1. The number of oxazole rings is 1. The molecule has 12 nitrogen and oxygen atoms in total. The summed E-state index contributed by atoms with van der Waals surface area (Å²) in [5.74, 6) is 1.87. The van der Waals surface area contributed by atoms with Crippen LogP contribution in [0.3, 0.4) is 0 Å². The Kier molecular flexibility index (Phi) is 8.55. The van der Waals surface area contributed by atoms with E-state index in [0.29, 0.717) is 25.5 Å². The number of hydrogen-bond acceptors (Lipinski definition) is 10. The van der Waals surface area contributed by atoms with Gasteiger partial charge < -0.3 is 29.8 Å². The van der Waals surface area contributed by atoms with Crippen LogP contribution in [0.1, 0.15) is 72.6 Å². The summed E-state index contributed by atoms with van der Waals surface area (Å²) in [6, 6.07) is 8.13. The standard InChI is InChI=1S/C32H41N7O5/c1-20-29(44-19-36-20)17-43-27-5-4-23-15-38(9-7-22(23)10-27)16-26(41)14-33-31(42)28-12-30(35-18-34-28)37-24-11-25-6-8-32(3,13-24)39(25)21(2)40/h4-5,10,12,18-19,24-26,41H,6-9,11,13-17H2,1-3H3,(H,33,42)(H,34,35,37)/t24?,25-,26+,32+/m1/s1. The van der Waals surface area contributed by atoms with Gasteiger partial charge in [-0.05, 0) is 69.2 Å². The smallest absolute Gasteiger partial charge is 0.270 e. The van der Waals surface area contributed by atoms with Crippen LogP contribution in [0.2, 0.25) is 0 Å². The Morgan fingerprint density at radius 3 is 2.86 bits per heavy atom. The molecule has 5 heterocycles. The fraction of sp³-hybridized carbons (Fsp3) is 0.531. The molecule has 2 fully saturated rings. The fourth-order valence-corrected chi connectivity index (χ4v) is 7.16. The van der Waals surface area contributed by atoms with Crippen LogP contribution in [0.15, 0.2) is 41.4 Å². The number of aliphatic hydroxyl groups excluding tert-OH is 1. The highest BCUT2D eigenvalue weighted by molar-refractivity contribution is 5.92. The van der Waals surface area contributed by atoms with Gasteiger partial charge in [0.25, 0.3) is 5.91 Å². The second-order valence-electron chi connectivity index (χ2n) is 12.6. The van der Waals surface area contributed by atoms with E-state index in [9.17, 15) is 14.7 Å². The van der Waals surface area contributed by atoms with Gasteiger partial charge in [0.2, 0.25) is 5.91 Å². The highest BCUT2D eigenvalue weighted by Gasteiger charge is 2.50. The van der Waals surface area contributed by atoms with E-state index >= 15 is 0 Å². The second-order valence-corrected chi connectivity index (χ2v) is 12.6. The van der Waals surface area contributed by atoms with Crippen LogP contribution >= 0.6 is 0 Å². The number of hydrogen-bond donors (Lipinski definition) is 3. The van der Waals surface area contributed by atoms with Crippen LogP contribution < -0.4 is 15.4 Å². The summed E-state index contributed by atoms with van der Waals surface area (Å²) in [7, 11) is 0. The molecule has 12 heteroatoms. The molecule has 6 rings (SSSR count). The number of nitrogens with zero attached hydrogens (tertiary/aromatic N) is 5. The lowest BCUT2D eigenvalue weighted by molar-refractivity contribution is -0.137. The maximum atomic E-state index is 12.9. The largest absolute Gasteiger partial charge is 0.486 e. The minimum Gasteiger partial charge on any atom is -0.486 e. The van der Waals surface area contributed by atoms with E-state index < -0.39 is 6.10 Å². The molecule has 0 aliphatic carbocycles. The van der Waals surface area contributed by atoms with Crippen molar-refractivity contribution in [2.75, 3.05) is 25.0 Å². The fourth-order valence-electron chi connectivity index (χ4n) is 7.16. The van der Waals surface area contributed by atoms with Gasteiger partial charge in [-0.1, -0.05) is 6.07 Å². The van der Waals surface area contributed by atoms with Gasteiger partial charge in [-0.2, -0.15) is 0 Å². The topological polar surface area (TPSA) is 146 Å². The number of fused-ring (bicyclic) bond motifs is 3. The number of aryl methyl sites for hydroxylation is 1. The highest BCUT2D eigenvalue weighted by Crippen LogP contribution is 2.44. The summed E-state index contributed by atoms with van der Waals surface area (Å²) in [5, 5.41) is 17.0. The number of aliphatic hydroxyl groups is 1. The van der Waals surface area contributed by atoms with Gasteiger partial charge in [-0.15, -0.1) is 0 Å². The summed E-state index contributed by atoms with van der Waals surface area (Å²) in [6.45, 7) is 8.11. The third-order valence-corrected chi connectivity index (χ3v) is 9.25. The first kappa shape index (κ1) is 30.0. The van der Waals surface area contributed by atoms with Crippen LogP contribution in [-0.4, -0.2) is 85.0 Å².